The van der Waals surface area contributed by atoms with Crippen molar-refractivity contribution in [2.45, 2.75) is 25.2 Å². The number of rotatable bonds is 6. The van der Waals surface area contributed by atoms with Gasteiger partial charge in [0.1, 0.15) is 30.7 Å². The number of halogens is 1. The fraction of sp³-hybridized carbons (Fsp3) is 0.333. The largest absolute Gasteiger partial charge is 0.493 e. The third-order valence-corrected chi connectivity index (χ3v) is 5.03. The molecule has 0 spiro atoms. The van der Waals surface area contributed by atoms with Crippen molar-refractivity contribution in [3.05, 3.63) is 66.5 Å². The van der Waals surface area contributed by atoms with E-state index in [9.17, 15) is 9.50 Å². The van der Waals surface area contributed by atoms with E-state index >= 15 is 0 Å². The van der Waals surface area contributed by atoms with Crippen molar-refractivity contribution in [3.8, 4) is 17.2 Å². The molecule has 1 saturated heterocycles. The first-order valence-corrected chi connectivity index (χ1v) is 9.47. The Morgan fingerprint density at radius 2 is 2.00 bits per heavy atom. The highest BCUT2D eigenvalue weighted by molar-refractivity contribution is 5.40. The van der Waals surface area contributed by atoms with E-state index in [1.165, 1.54) is 31.6 Å². The lowest BCUT2D eigenvalue weighted by molar-refractivity contribution is -0.0283. The van der Waals surface area contributed by atoms with Gasteiger partial charge in [-0.25, -0.2) is 14.1 Å². The van der Waals surface area contributed by atoms with E-state index in [1.807, 2.05) is 12.1 Å². The number of methoxy groups -OCH3 is 1. The minimum atomic E-state index is -0.645. The van der Waals surface area contributed by atoms with E-state index in [1.54, 1.807) is 11.0 Å². The molecule has 0 unspecified atom stereocenters. The fourth-order valence-corrected chi connectivity index (χ4v) is 3.51. The number of aliphatic hydroxyl groups is 1. The molecule has 1 N–H and O–H groups in total. The molecule has 1 fully saturated rings. The maximum atomic E-state index is 13.4. The second-order valence-corrected chi connectivity index (χ2v) is 7.05. The summed E-state index contributed by atoms with van der Waals surface area (Å²) in [4.78, 5) is 6.14. The zero-order valence-electron chi connectivity index (χ0n) is 16.1. The summed E-state index contributed by atoms with van der Waals surface area (Å²) in [7, 11) is 1.47. The van der Waals surface area contributed by atoms with E-state index in [0.717, 1.165) is 24.3 Å². The minimum Gasteiger partial charge on any atom is -0.493 e. The van der Waals surface area contributed by atoms with Crippen molar-refractivity contribution in [1.82, 2.24) is 19.7 Å². The van der Waals surface area contributed by atoms with Crippen molar-refractivity contribution in [3.63, 3.8) is 0 Å². The van der Waals surface area contributed by atoms with Gasteiger partial charge in [-0.2, -0.15) is 5.10 Å². The van der Waals surface area contributed by atoms with Crippen molar-refractivity contribution < 1.29 is 19.0 Å². The van der Waals surface area contributed by atoms with Crippen LogP contribution in [-0.2, 0) is 6.54 Å². The van der Waals surface area contributed by atoms with Gasteiger partial charge in [-0.3, -0.25) is 4.90 Å². The van der Waals surface area contributed by atoms with E-state index < -0.39 is 6.10 Å². The summed E-state index contributed by atoms with van der Waals surface area (Å²) >= 11 is 0. The molecule has 0 radical (unpaired) electrons. The number of hydrogen-bond donors (Lipinski definition) is 1. The Bertz CT molecular complexity index is 934. The molecule has 2 atom stereocenters. The molecule has 1 aliphatic rings. The molecule has 2 heterocycles. The van der Waals surface area contributed by atoms with Crippen LogP contribution in [0.2, 0.25) is 0 Å². The number of aliphatic hydroxyl groups excluding tert-OH is 1. The SMILES string of the molecule is COc1cc(F)ccc1O[C@@H]1CCN(Cc2ccc(-n3cncn3)cc2)C[C@H]1O. The van der Waals surface area contributed by atoms with Gasteiger partial charge in [0.05, 0.1) is 12.8 Å². The molecule has 4 rings (SSSR count). The van der Waals surface area contributed by atoms with Crippen LogP contribution < -0.4 is 9.47 Å². The van der Waals surface area contributed by atoms with Gasteiger partial charge in [0.25, 0.3) is 0 Å². The second kappa shape index (κ2) is 8.59. The van der Waals surface area contributed by atoms with Crippen molar-refractivity contribution in [1.29, 1.82) is 0 Å². The molecular formula is C21H23FN4O3. The van der Waals surface area contributed by atoms with Gasteiger partial charge >= 0.3 is 0 Å². The van der Waals surface area contributed by atoms with Crippen LogP contribution in [0.15, 0.2) is 55.1 Å². The Balaban J connectivity index is 1.34. The molecule has 29 heavy (non-hydrogen) atoms. The first-order valence-electron chi connectivity index (χ1n) is 9.47. The molecule has 0 saturated carbocycles. The monoisotopic (exact) mass is 398 g/mol. The molecule has 0 aliphatic carbocycles. The molecular weight excluding hydrogens is 375 g/mol. The number of likely N-dealkylation sites (tertiary alicyclic amines) is 1. The topological polar surface area (TPSA) is 72.6 Å². The third-order valence-electron chi connectivity index (χ3n) is 5.03. The smallest absolute Gasteiger partial charge is 0.163 e. The summed E-state index contributed by atoms with van der Waals surface area (Å²) in [6.45, 7) is 2.02. The first kappa shape index (κ1) is 19.4. The number of aromatic nitrogens is 3. The minimum absolute atomic E-state index is 0.326. The average molecular weight is 398 g/mol. The number of piperidine rings is 1. The van der Waals surface area contributed by atoms with Gasteiger partial charge < -0.3 is 14.6 Å². The highest BCUT2D eigenvalue weighted by Gasteiger charge is 2.30. The molecule has 2 aromatic carbocycles. The third kappa shape index (κ3) is 4.55. The van der Waals surface area contributed by atoms with E-state index in [0.29, 0.717) is 24.5 Å². The number of hydrogen-bond acceptors (Lipinski definition) is 6. The van der Waals surface area contributed by atoms with E-state index in [2.05, 4.69) is 27.1 Å². The van der Waals surface area contributed by atoms with Gasteiger partial charge in [0.2, 0.25) is 0 Å². The van der Waals surface area contributed by atoms with Crippen LogP contribution in [0.4, 0.5) is 4.39 Å². The summed E-state index contributed by atoms with van der Waals surface area (Å²) in [6.07, 6.45) is 2.82. The second-order valence-electron chi connectivity index (χ2n) is 7.05. The predicted molar refractivity (Wildman–Crippen MR) is 105 cm³/mol. The Kier molecular flexibility index (Phi) is 5.73. The lowest BCUT2D eigenvalue weighted by Gasteiger charge is -2.36. The van der Waals surface area contributed by atoms with Crippen LogP contribution >= 0.6 is 0 Å². The average Bonchev–Trinajstić information content (AvgIpc) is 3.26. The Morgan fingerprint density at radius 1 is 1.17 bits per heavy atom. The lowest BCUT2D eigenvalue weighted by Crippen LogP contribution is -2.48. The number of benzene rings is 2. The summed E-state index contributed by atoms with van der Waals surface area (Å²) in [6, 6.07) is 12.2. The molecule has 152 valence electrons. The highest BCUT2D eigenvalue weighted by Crippen LogP contribution is 2.30. The fourth-order valence-electron chi connectivity index (χ4n) is 3.51. The molecule has 0 bridgehead atoms. The lowest BCUT2D eigenvalue weighted by atomic mass is 10.0. The molecule has 1 aromatic heterocycles. The zero-order chi connectivity index (χ0) is 20.2. The van der Waals surface area contributed by atoms with Crippen LogP contribution in [0.5, 0.6) is 11.5 Å². The normalized spacial score (nSPS) is 19.8. The predicted octanol–water partition coefficient (Wildman–Crippen LogP) is 2.43. The van der Waals surface area contributed by atoms with Crippen molar-refractivity contribution in [2.24, 2.45) is 0 Å². The van der Waals surface area contributed by atoms with Gasteiger partial charge in [0, 0.05) is 25.7 Å². The Morgan fingerprint density at radius 3 is 2.69 bits per heavy atom. The van der Waals surface area contributed by atoms with Gasteiger partial charge in [0.15, 0.2) is 11.5 Å². The number of β-amino-alcohol motifs (C(OH)–C–C–N with tert-alkyl or cyclic N) is 1. The Hall–Kier alpha value is -2.97. The maximum Gasteiger partial charge on any atom is 0.163 e. The van der Waals surface area contributed by atoms with Gasteiger partial charge in [-0.05, 0) is 36.2 Å². The van der Waals surface area contributed by atoms with E-state index in [4.69, 9.17) is 9.47 Å². The Labute approximate surface area is 168 Å². The van der Waals surface area contributed by atoms with Crippen LogP contribution in [0.25, 0.3) is 5.69 Å². The van der Waals surface area contributed by atoms with Crippen molar-refractivity contribution >= 4 is 0 Å². The van der Waals surface area contributed by atoms with E-state index in [-0.39, 0.29) is 11.9 Å². The molecule has 1 aliphatic heterocycles. The zero-order valence-corrected chi connectivity index (χ0v) is 16.1. The standard InChI is InChI=1S/C21H23FN4O3/c1-28-21-10-16(22)4-7-20(21)29-19-8-9-25(12-18(19)27)11-15-2-5-17(6-3-15)26-14-23-13-24-26/h2-7,10,13-14,18-19,27H,8-9,11-12H2,1H3/t18-,19-/m1/s1. The molecule has 0 amide bonds. The molecule has 8 heteroatoms. The summed E-state index contributed by atoms with van der Waals surface area (Å²) < 4.78 is 26.2. The highest BCUT2D eigenvalue weighted by atomic mass is 19.1. The summed E-state index contributed by atoms with van der Waals surface area (Å²) in [5, 5.41) is 14.7. The van der Waals surface area contributed by atoms with Gasteiger partial charge in [-0.15, -0.1) is 0 Å². The quantitative estimate of drug-likeness (QED) is 0.688. The van der Waals surface area contributed by atoms with Crippen LogP contribution in [0.1, 0.15) is 12.0 Å². The van der Waals surface area contributed by atoms with Crippen LogP contribution in [0, 0.1) is 5.82 Å². The van der Waals surface area contributed by atoms with Gasteiger partial charge in [-0.1, -0.05) is 12.1 Å². The number of ether oxygens (including phenoxy) is 2. The first-order chi connectivity index (χ1) is 14.1. The van der Waals surface area contributed by atoms with Crippen molar-refractivity contribution in [2.75, 3.05) is 20.2 Å². The maximum absolute atomic E-state index is 13.4. The molecule has 7 nitrogen and oxygen atoms in total. The van der Waals surface area contributed by atoms with Crippen LogP contribution in [0.3, 0.4) is 0 Å². The number of nitrogens with zero attached hydrogens (tertiary/aromatic N) is 4. The summed E-state index contributed by atoms with van der Waals surface area (Å²) in [5.74, 6) is 0.376. The molecule has 3 aromatic rings. The van der Waals surface area contributed by atoms with Crippen LogP contribution in [-0.4, -0.2) is 57.2 Å². The summed E-state index contributed by atoms with van der Waals surface area (Å²) in [5.41, 5.74) is 2.10.